The van der Waals surface area contributed by atoms with Crippen molar-refractivity contribution in [3.63, 3.8) is 0 Å². The first-order valence-electron chi connectivity index (χ1n) is 6.05. The molecule has 0 saturated carbocycles. The molecule has 6 heteroatoms. The van der Waals surface area contributed by atoms with E-state index in [1.165, 1.54) is 0 Å². The highest BCUT2D eigenvalue weighted by molar-refractivity contribution is 7.11. The summed E-state index contributed by atoms with van der Waals surface area (Å²) in [5.41, 5.74) is 0.747. The number of rotatable bonds is 4. The molecular formula is C14H14Cl2N2OS. The van der Waals surface area contributed by atoms with Crippen LogP contribution in [-0.2, 0) is 17.8 Å². The van der Waals surface area contributed by atoms with E-state index in [0.717, 1.165) is 15.4 Å². The fourth-order valence-electron chi connectivity index (χ4n) is 1.78. The van der Waals surface area contributed by atoms with Crippen molar-refractivity contribution < 1.29 is 4.79 Å². The van der Waals surface area contributed by atoms with Crippen molar-refractivity contribution in [2.24, 2.45) is 0 Å². The Hall–Kier alpha value is -1.10. The van der Waals surface area contributed by atoms with Crippen molar-refractivity contribution in [3.05, 3.63) is 49.9 Å². The Balaban J connectivity index is 2.02. The molecule has 0 radical (unpaired) electrons. The van der Waals surface area contributed by atoms with Gasteiger partial charge in [-0.1, -0.05) is 23.2 Å². The second-order valence-corrected chi connectivity index (χ2v) is 6.67. The number of carbonyl (C=O) groups excluding carboxylic acids is 1. The minimum atomic E-state index is 0.000203. The first-order valence-corrected chi connectivity index (χ1v) is 7.62. The molecule has 0 saturated heterocycles. The molecular weight excluding hydrogens is 315 g/mol. The number of amides is 1. The van der Waals surface area contributed by atoms with Gasteiger partial charge in [0.05, 0.1) is 18.0 Å². The number of halogens is 2. The molecule has 1 aromatic heterocycles. The molecule has 0 bridgehead atoms. The van der Waals surface area contributed by atoms with Gasteiger partial charge in [-0.25, -0.2) is 4.98 Å². The number of hydrogen-bond acceptors (Lipinski definition) is 3. The first-order chi connectivity index (χ1) is 9.45. The predicted octanol–water partition coefficient (Wildman–Crippen LogP) is 3.96. The zero-order chi connectivity index (χ0) is 14.7. The van der Waals surface area contributed by atoms with E-state index in [2.05, 4.69) is 4.98 Å². The Kier molecular flexibility index (Phi) is 5.02. The Morgan fingerprint density at radius 3 is 2.80 bits per heavy atom. The zero-order valence-corrected chi connectivity index (χ0v) is 13.5. The van der Waals surface area contributed by atoms with Crippen molar-refractivity contribution in [3.8, 4) is 0 Å². The molecule has 0 unspecified atom stereocenters. The van der Waals surface area contributed by atoms with Crippen LogP contribution in [0, 0.1) is 6.92 Å². The average molecular weight is 329 g/mol. The highest BCUT2D eigenvalue weighted by Gasteiger charge is 2.13. The summed E-state index contributed by atoms with van der Waals surface area (Å²) in [7, 11) is 1.77. The lowest BCUT2D eigenvalue weighted by Gasteiger charge is -2.16. The van der Waals surface area contributed by atoms with Gasteiger partial charge in [-0.05, 0) is 30.7 Å². The number of aryl methyl sites for hydroxylation is 1. The van der Waals surface area contributed by atoms with Crippen LogP contribution < -0.4 is 0 Å². The Labute approximate surface area is 132 Å². The van der Waals surface area contributed by atoms with Crippen LogP contribution in [0.2, 0.25) is 10.0 Å². The molecule has 2 rings (SSSR count). The Bertz CT molecular complexity index is 627. The summed E-state index contributed by atoms with van der Waals surface area (Å²) in [6, 6.07) is 5.15. The van der Waals surface area contributed by atoms with Crippen molar-refractivity contribution in [2.45, 2.75) is 19.9 Å². The van der Waals surface area contributed by atoms with Crippen LogP contribution in [0.15, 0.2) is 24.4 Å². The number of aromatic nitrogens is 1. The van der Waals surface area contributed by atoms with Crippen molar-refractivity contribution >= 4 is 40.4 Å². The highest BCUT2D eigenvalue weighted by atomic mass is 35.5. The molecule has 0 spiro atoms. The quantitative estimate of drug-likeness (QED) is 0.851. The summed E-state index contributed by atoms with van der Waals surface area (Å²) in [6.07, 6.45) is 2.05. The molecule has 1 amide bonds. The molecule has 0 aliphatic carbocycles. The molecule has 106 valence electrons. The number of thiazole rings is 1. The van der Waals surface area contributed by atoms with Gasteiger partial charge in [0.15, 0.2) is 0 Å². The molecule has 0 aliphatic heterocycles. The van der Waals surface area contributed by atoms with E-state index in [4.69, 9.17) is 23.2 Å². The smallest absolute Gasteiger partial charge is 0.227 e. The van der Waals surface area contributed by atoms with Crippen LogP contribution in [0.1, 0.15) is 15.4 Å². The van der Waals surface area contributed by atoms with Crippen LogP contribution in [-0.4, -0.2) is 22.8 Å². The lowest BCUT2D eigenvalue weighted by Crippen LogP contribution is -2.27. The zero-order valence-electron chi connectivity index (χ0n) is 11.2. The van der Waals surface area contributed by atoms with Crippen molar-refractivity contribution in [1.29, 1.82) is 0 Å². The van der Waals surface area contributed by atoms with E-state index in [-0.39, 0.29) is 12.3 Å². The molecule has 0 aliphatic rings. The van der Waals surface area contributed by atoms with E-state index in [1.54, 1.807) is 47.7 Å². The molecule has 0 atom stereocenters. The van der Waals surface area contributed by atoms with Gasteiger partial charge in [-0.3, -0.25) is 4.79 Å². The van der Waals surface area contributed by atoms with E-state index in [9.17, 15) is 4.79 Å². The molecule has 1 aromatic carbocycles. The molecule has 0 fully saturated rings. The predicted molar refractivity (Wildman–Crippen MR) is 83.5 cm³/mol. The molecule has 2 aromatic rings. The molecule has 1 heterocycles. The monoisotopic (exact) mass is 328 g/mol. The van der Waals surface area contributed by atoms with Gasteiger partial charge < -0.3 is 4.90 Å². The second-order valence-electron chi connectivity index (χ2n) is 4.51. The largest absolute Gasteiger partial charge is 0.340 e. The summed E-state index contributed by atoms with van der Waals surface area (Å²) in [5.74, 6) is 0.000203. The maximum absolute atomic E-state index is 12.2. The number of benzene rings is 1. The normalized spacial score (nSPS) is 10.6. The third kappa shape index (κ3) is 3.95. The lowest BCUT2D eigenvalue weighted by molar-refractivity contribution is -0.129. The highest BCUT2D eigenvalue weighted by Crippen LogP contribution is 2.22. The number of hydrogen-bond donors (Lipinski definition) is 0. The van der Waals surface area contributed by atoms with Crippen LogP contribution in [0.25, 0.3) is 0 Å². The van der Waals surface area contributed by atoms with E-state index < -0.39 is 0 Å². The minimum absolute atomic E-state index is 0.000203. The first kappa shape index (κ1) is 15.3. The Morgan fingerprint density at radius 1 is 1.40 bits per heavy atom. The Morgan fingerprint density at radius 2 is 2.15 bits per heavy atom. The van der Waals surface area contributed by atoms with Crippen molar-refractivity contribution in [1.82, 2.24) is 9.88 Å². The fraction of sp³-hybridized carbons (Fsp3) is 0.286. The summed E-state index contributed by atoms with van der Waals surface area (Å²) in [6.45, 7) is 2.50. The number of carbonyl (C=O) groups is 1. The molecule has 0 N–H and O–H groups in total. The number of nitrogens with zero attached hydrogens (tertiary/aromatic N) is 2. The summed E-state index contributed by atoms with van der Waals surface area (Å²) in [5, 5.41) is 2.14. The third-order valence-corrected chi connectivity index (χ3v) is 4.34. The lowest BCUT2D eigenvalue weighted by atomic mass is 10.1. The second kappa shape index (κ2) is 6.57. The molecule has 20 heavy (non-hydrogen) atoms. The standard InChI is InChI=1S/C14H14Cl2N2OS/c1-9-17-7-12(20-9)8-18(2)14(19)6-10-5-11(15)3-4-13(10)16/h3-5,7H,6,8H2,1-2H3. The fourth-order valence-corrected chi connectivity index (χ4v) is 3.00. The number of likely N-dealkylation sites (N-methyl/N-ethyl adjacent to an activating group) is 1. The van der Waals surface area contributed by atoms with Crippen LogP contribution in [0.3, 0.4) is 0 Å². The van der Waals surface area contributed by atoms with Crippen LogP contribution in [0.5, 0.6) is 0 Å². The van der Waals surface area contributed by atoms with Gasteiger partial charge in [0.1, 0.15) is 0 Å². The third-order valence-electron chi connectivity index (χ3n) is 2.84. The van der Waals surface area contributed by atoms with Gasteiger partial charge in [-0.15, -0.1) is 11.3 Å². The maximum atomic E-state index is 12.2. The average Bonchev–Trinajstić information content (AvgIpc) is 2.79. The van der Waals surface area contributed by atoms with Gasteiger partial charge in [0.2, 0.25) is 5.91 Å². The van der Waals surface area contributed by atoms with Gasteiger partial charge in [-0.2, -0.15) is 0 Å². The van der Waals surface area contributed by atoms with Gasteiger partial charge in [0.25, 0.3) is 0 Å². The van der Waals surface area contributed by atoms with Crippen LogP contribution >= 0.6 is 34.5 Å². The van der Waals surface area contributed by atoms with E-state index >= 15 is 0 Å². The summed E-state index contributed by atoms with van der Waals surface area (Å²) in [4.78, 5) is 19.1. The summed E-state index contributed by atoms with van der Waals surface area (Å²) < 4.78 is 0. The minimum Gasteiger partial charge on any atom is -0.340 e. The summed E-state index contributed by atoms with van der Waals surface area (Å²) >= 11 is 13.6. The van der Waals surface area contributed by atoms with Crippen molar-refractivity contribution in [2.75, 3.05) is 7.05 Å². The van der Waals surface area contributed by atoms with Gasteiger partial charge >= 0.3 is 0 Å². The van der Waals surface area contributed by atoms with Crippen LogP contribution in [0.4, 0.5) is 0 Å². The topological polar surface area (TPSA) is 33.2 Å². The van der Waals surface area contributed by atoms with Gasteiger partial charge in [0, 0.05) is 28.2 Å². The van der Waals surface area contributed by atoms with E-state index in [1.807, 2.05) is 6.92 Å². The maximum Gasteiger partial charge on any atom is 0.227 e. The van der Waals surface area contributed by atoms with E-state index in [0.29, 0.717) is 16.6 Å². The molecule has 3 nitrogen and oxygen atoms in total. The SMILES string of the molecule is Cc1ncc(CN(C)C(=O)Cc2cc(Cl)ccc2Cl)s1.